The van der Waals surface area contributed by atoms with Crippen molar-refractivity contribution >= 4 is 5.91 Å². The van der Waals surface area contributed by atoms with Gasteiger partial charge >= 0.3 is 0 Å². The Morgan fingerprint density at radius 3 is 2.45 bits per heavy atom. The summed E-state index contributed by atoms with van der Waals surface area (Å²) < 4.78 is 5.83. The van der Waals surface area contributed by atoms with Crippen molar-refractivity contribution < 1.29 is 9.53 Å². The van der Waals surface area contributed by atoms with E-state index in [1.807, 2.05) is 0 Å². The number of carbonyl (C=O) groups is 1. The molecule has 4 nitrogen and oxygen atoms in total. The molecular formula is C18H32N2O2. The first kappa shape index (κ1) is 16.3. The summed E-state index contributed by atoms with van der Waals surface area (Å²) in [7, 11) is 0. The summed E-state index contributed by atoms with van der Waals surface area (Å²) in [5.41, 5.74) is 0. The third-order valence-corrected chi connectivity index (χ3v) is 5.82. The molecule has 126 valence electrons. The fraction of sp³-hybridized carbons (Fsp3) is 0.944. The molecule has 22 heavy (non-hydrogen) atoms. The van der Waals surface area contributed by atoms with Gasteiger partial charge in [0.2, 0.25) is 5.91 Å². The van der Waals surface area contributed by atoms with Crippen LogP contribution in [-0.2, 0) is 9.53 Å². The van der Waals surface area contributed by atoms with E-state index in [1.165, 1.54) is 25.7 Å². The molecule has 2 heterocycles. The smallest absolute Gasteiger partial charge is 0.226 e. The van der Waals surface area contributed by atoms with Crippen molar-refractivity contribution in [3.63, 3.8) is 0 Å². The van der Waals surface area contributed by atoms with E-state index in [9.17, 15) is 4.79 Å². The van der Waals surface area contributed by atoms with Gasteiger partial charge in [-0.25, -0.2) is 0 Å². The standard InChI is InChI=1S/C18H32N2O2/c1-14-4-6-16(7-5-14)20(13-17-3-2-12-22-17)18(21)15-8-10-19-11-9-15/h14-17,19H,2-13H2,1H3. The minimum absolute atomic E-state index is 0.238. The van der Waals surface area contributed by atoms with Crippen LogP contribution in [0.15, 0.2) is 0 Å². The summed E-state index contributed by atoms with van der Waals surface area (Å²) in [6.45, 7) is 6.04. The van der Waals surface area contributed by atoms with Crippen LogP contribution in [0.1, 0.15) is 58.3 Å². The van der Waals surface area contributed by atoms with Gasteiger partial charge in [-0.05, 0) is 70.4 Å². The van der Waals surface area contributed by atoms with E-state index >= 15 is 0 Å². The van der Waals surface area contributed by atoms with Crippen LogP contribution in [0.5, 0.6) is 0 Å². The molecule has 0 aromatic heterocycles. The van der Waals surface area contributed by atoms with Crippen LogP contribution in [-0.4, -0.2) is 49.2 Å². The van der Waals surface area contributed by atoms with E-state index in [4.69, 9.17) is 4.74 Å². The maximum atomic E-state index is 13.1. The van der Waals surface area contributed by atoms with E-state index in [0.717, 1.165) is 57.8 Å². The monoisotopic (exact) mass is 308 g/mol. The van der Waals surface area contributed by atoms with E-state index in [0.29, 0.717) is 11.9 Å². The molecule has 1 N–H and O–H groups in total. The Morgan fingerprint density at radius 2 is 1.82 bits per heavy atom. The Balaban J connectivity index is 1.65. The molecule has 3 rings (SSSR count). The van der Waals surface area contributed by atoms with Crippen LogP contribution in [0.25, 0.3) is 0 Å². The summed E-state index contributed by atoms with van der Waals surface area (Å²) in [5.74, 6) is 1.48. The van der Waals surface area contributed by atoms with Crippen LogP contribution in [0.2, 0.25) is 0 Å². The lowest BCUT2D eigenvalue weighted by atomic mass is 9.85. The average molecular weight is 308 g/mol. The molecular weight excluding hydrogens is 276 g/mol. The summed E-state index contributed by atoms with van der Waals surface area (Å²) in [4.78, 5) is 15.3. The molecule has 4 heteroatoms. The SMILES string of the molecule is CC1CCC(N(CC2CCCO2)C(=O)C2CCNCC2)CC1. The highest BCUT2D eigenvalue weighted by molar-refractivity contribution is 5.79. The Bertz CT molecular complexity index is 354. The van der Waals surface area contributed by atoms with Crippen LogP contribution in [0.4, 0.5) is 0 Å². The van der Waals surface area contributed by atoms with Gasteiger partial charge in [-0.2, -0.15) is 0 Å². The summed E-state index contributed by atoms with van der Waals surface area (Å²) in [6, 6.07) is 0.461. The largest absolute Gasteiger partial charge is 0.376 e. The maximum Gasteiger partial charge on any atom is 0.226 e. The minimum atomic E-state index is 0.238. The highest BCUT2D eigenvalue weighted by Gasteiger charge is 2.34. The van der Waals surface area contributed by atoms with E-state index in [1.54, 1.807) is 0 Å². The Labute approximate surface area is 135 Å². The minimum Gasteiger partial charge on any atom is -0.376 e. The normalized spacial score (nSPS) is 33.8. The third kappa shape index (κ3) is 4.02. The Hall–Kier alpha value is -0.610. The molecule has 2 saturated heterocycles. The van der Waals surface area contributed by atoms with Crippen LogP contribution >= 0.6 is 0 Å². The molecule has 0 bridgehead atoms. The molecule has 1 unspecified atom stereocenters. The topological polar surface area (TPSA) is 41.6 Å². The number of hydrogen-bond acceptors (Lipinski definition) is 3. The maximum absolute atomic E-state index is 13.1. The molecule has 1 aliphatic carbocycles. The van der Waals surface area contributed by atoms with Crippen molar-refractivity contribution in [3.8, 4) is 0 Å². The van der Waals surface area contributed by atoms with E-state index < -0.39 is 0 Å². The first-order valence-corrected chi connectivity index (χ1v) is 9.37. The second kappa shape index (κ2) is 7.78. The molecule has 3 fully saturated rings. The van der Waals surface area contributed by atoms with E-state index in [2.05, 4.69) is 17.1 Å². The van der Waals surface area contributed by atoms with Crippen molar-refractivity contribution in [3.05, 3.63) is 0 Å². The molecule has 0 radical (unpaired) electrons. The fourth-order valence-corrected chi connectivity index (χ4v) is 4.28. The number of nitrogens with one attached hydrogen (secondary N) is 1. The van der Waals surface area contributed by atoms with Crippen LogP contribution < -0.4 is 5.32 Å². The number of nitrogens with zero attached hydrogens (tertiary/aromatic N) is 1. The van der Waals surface area contributed by atoms with Gasteiger partial charge in [-0.1, -0.05) is 6.92 Å². The van der Waals surface area contributed by atoms with Gasteiger partial charge in [-0.3, -0.25) is 4.79 Å². The fourth-order valence-electron chi connectivity index (χ4n) is 4.28. The van der Waals surface area contributed by atoms with Gasteiger partial charge in [0.05, 0.1) is 6.10 Å². The van der Waals surface area contributed by atoms with Gasteiger partial charge in [0.1, 0.15) is 0 Å². The third-order valence-electron chi connectivity index (χ3n) is 5.82. The first-order valence-electron chi connectivity index (χ1n) is 9.37. The second-order valence-electron chi connectivity index (χ2n) is 7.56. The predicted octanol–water partition coefficient (Wildman–Crippen LogP) is 2.57. The predicted molar refractivity (Wildman–Crippen MR) is 87.7 cm³/mol. The lowest BCUT2D eigenvalue weighted by molar-refractivity contribution is -0.141. The number of carbonyl (C=O) groups excluding carboxylic acids is 1. The Morgan fingerprint density at radius 1 is 1.09 bits per heavy atom. The Kier molecular flexibility index (Phi) is 5.75. The van der Waals surface area contributed by atoms with Crippen LogP contribution in [0, 0.1) is 11.8 Å². The number of rotatable bonds is 4. The zero-order valence-corrected chi connectivity index (χ0v) is 14.1. The van der Waals surface area contributed by atoms with Gasteiger partial charge in [0.25, 0.3) is 0 Å². The lowest BCUT2D eigenvalue weighted by Gasteiger charge is -2.39. The molecule has 0 aromatic rings. The number of piperidine rings is 1. The summed E-state index contributed by atoms with van der Waals surface area (Å²) >= 11 is 0. The highest BCUT2D eigenvalue weighted by Crippen LogP contribution is 2.30. The van der Waals surface area contributed by atoms with Crippen molar-refractivity contribution in [2.75, 3.05) is 26.2 Å². The zero-order chi connectivity index (χ0) is 15.4. The van der Waals surface area contributed by atoms with Crippen LogP contribution in [0.3, 0.4) is 0 Å². The van der Waals surface area contributed by atoms with Gasteiger partial charge in [0.15, 0.2) is 0 Å². The van der Waals surface area contributed by atoms with Gasteiger partial charge in [0, 0.05) is 25.1 Å². The zero-order valence-electron chi connectivity index (χ0n) is 14.1. The first-order chi connectivity index (χ1) is 10.7. The average Bonchev–Trinajstić information content (AvgIpc) is 3.07. The molecule has 0 aromatic carbocycles. The lowest BCUT2D eigenvalue weighted by Crippen LogP contribution is -2.49. The van der Waals surface area contributed by atoms with Gasteiger partial charge < -0.3 is 15.0 Å². The molecule has 1 amide bonds. The summed E-state index contributed by atoms with van der Waals surface area (Å²) in [5, 5.41) is 3.37. The second-order valence-corrected chi connectivity index (χ2v) is 7.56. The molecule has 0 spiro atoms. The molecule has 3 aliphatic rings. The van der Waals surface area contributed by atoms with E-state index in [-0.39, 0.29) is 12.0 Å². The number of hydrogen-bond donors (Lipinski definition) is 1. The summed E-state index contributed by atoms with van der Waals surface area (Å²) in [6.07, 6.45) is 9.48. The number of amides is 1. The molecule has 1 atom stereocenters. The molecule has 2 aliphatic heterocycles. The highest BCUT2D eigenvalue weighted by atomic mass is 16.5. The van der Waals surface area contributed by atoms with Crippen molar-refractivity contribution in [1.82, 2.24) is 10.2 Å². The van der Waals surface area contributed by atoms with Crippen molar-refractivity contribution in [2.24, 2.45) is 11.8 Å². The van der Waals surface area contributed by atoms with Crippen molar-refractivity contribution in [1.29, 1.82) is 0 Å². The number of ether oxygens (including phenoxy) is 1. The van der Waals surface area contributed by atoms with Crippen molar-refractivity contribution in [2.45, 2.75) is 70.4 Å². The quantitative estimate of drug-likeness (QED) is 0.868. The van der Waals surface area contributed by atoms with Gasteiger partial charge in [-0.15, -0.1) is 0 Å². The molecule has 1 saturated carbocycles.